The second-order valence-corrected chi connectivity index (χ2v) is 6.30. The number of rotatable bonds is 10. The molecule has 0 saturated carbocycles. The Hall–Kier alpha value is -2.44. The molecule has 7 heteroatoms. The van der Waals surface area contributed by atoms with Crippen molar-refractivity contribution in [3.8, 4) is 0 Å². The van der Waals surface area contributed by atoms with Gasteiger partial charge in [-0.2, -0.15) is 0 Å². The van der Waals surface area contributed by atoms with Crippen LogP contribution in [0.3, 0.4) is 0 Å². The molecule has 1 aromatic rings. The molecule has 0 saturated heterocycles. The van der Waals surface area contributed by atoms with E-state index in [2.05, 4.69) is 10.6 Å². The van der Waals surface area contributed by atoms with E-state index in [1.54, 1.807) is 0 Å². The van der Waals surface area contributed by atoms with Gasteiger partial charge in [0, 0.05) is 24.9 Å². The predicted molar refractivity (Wildman–Crippen MR) is 92.9 cm³/mol. The van der Waals surface area contributed by atoms with Gasteiger partial charge in [0.2, 0.25) is 5.91 Å². The number of carboxylic acid groups (broad SMARTS) is 1. The molecular formula is C18H25FN2O4. The van der Waals surface area contributed by atoms with Crippen LogP contribution in [0.4, 0.5) is 10.1 Å². The first-order chi connectivity index (χ1) is 11.8. The van der Waals surface area contributed by atoms with Gasteiger partial charge in [-0.15, -0.1) is 0 Å². The number of carbonyl (C=O) groups excluding carboxylic acids is 2. The highest BCUT2D eigenvalue weighted by molar-refractivity contribution is 5.96. The fourth-order valence-electron chi connectivity index (χ4n) is 2.21. The van der Waals surface area contributed by atoms with E-state index in [4.69, 9.17) is 5.11 Å². The van der Waals surface area contributed by atoms with Crippen LogP contribution in [0.5, 0.6) is 0 Å². The molecule has 0 aliphatic rings. The summed E-state index contributed by atoms with van der Waals surface area (Å²) in [5.74, 6) is -2.00. The SMILES string of the molecule is CC(C)CC(=O)Nc1ccc(C(=O)NCCCCCC(=O)O)cc1F. The van der Waals surface area contributed by atoms with Gasteiger partial charge in [-0.3, -0.25) is 14.4 Å². The van der Waals surface area contributed by atoms with Crippen LogP contribution in [0.25, 0.3) is 0 Å². The molecule has 0 bridgehead atoms. The highest BCUT2D eigenvalue weighted by Crippen LogP contribution is 2.17. The number of aliphatic carboxylic acids is 1. The lowest BCUT2D eigenvalue weighted by Crippen LogP contribution is -2.24. The van der Waals surface area contributed by atoms with Crippen LogP contribution in [-0.4, -0.2) is 29.4 Å². The molecule has 1 rings (SSSR count). The van der Waals surface area contributed by atoms with Crippen molar-refractivity contribution in [2.24, 2.45) is 5.92 Å². The van der Waals surface area contributed by atoms with Gasteiger partial charge in [0.1, 0.15) is 5.82 Å². The standard InChI is InChI=1S/C18H25FN2O4/c1-12(2)10-16(22)21-15-8-7-13(11-14(15)19)18(25)20-9-5-3-4-6-17(23)24/h7-8,11-12H,3-6,9-10H2,1-2H3,(H,20,25)(H,21,22)(H,23,24). The van der Waals surface area contributed by atoms with Gasteiger partial charge in [0.05, 0.1) is 5.69 Å². The number of nitrogens with one attached hydrogen (secondary N) is 2. The van der Waals surface area contributed by atoms with E-state index in [1.165, 1.54) is 12.1 Å². The third kappa shape index (κ3) is 8.28. The fraction of sp³-hybridized carbons (Fsp3) is 0.500. The Balaban J connectivity index is 2.45. The first-order valence-corrected chi connectivity index (χ1v) is 8.39. The molecular weight excluding hydrogens is 327 g/mol. The minimum Gasteiger partial charge on any atom is -0.481 e. The lowest BCUT2D eigenvalue weighted by molar-refractivity contribution is -0.137. The fourth-order valence-corrected chi connectivity index (χ4v) is 2.21. The Kier molecular flexibility index (Phi) is 8.60. The van der Waals surface area contributed by atoms with Crippen molar-refractivity contribution >= 4 is 23.5 Å². The zero-order valence-electron chi connectivity index (χ0n) is 14.6. The van der Waals surface area contributed by atoms with Crippen molar-refractivity contribution in [2.75, 3.05) is 11.9 Å². The molecule has 0 radical (unpaired) electrons. The molecule has 6 nitrogen and oxygen atoms in total. The Labute approximate surface area is 146 Å². The van der Waals surface area contributed by atoms with E-state index in [1.807, 2.05) is 13.8 Å². The van der Waals surface area contributed by atoms with Gasteiger partial charge < -0.3 is 15.7 Å². The molecule has 2 amide bonds. The van der Waals surface area contributed by atoms with Gasteiger partial charge in [0.25, 0.3) is 5.91 Å². The molecule has 0 unspecified atom stereocenters. The average molecular weight is 352 g/mol. The molecule has 0 heterocycles. The highest BCUT2D eigenvalue weighted by atomic mass is 19.1. The largest absolute Gasteiger partial charge is 0.481 e. The minimum atomic E-state index is -0.833. The van der Waals surface area contributed by atoms with E-state index in [0.29, 0.717) is 32.2 Å². The average Bonchev–Trinajstić information content (AvgIpc) is 2.51. The summed E-state index contributed by atoms with van der Waals surface area (Å²) in [5, 5.41) is 13.7. The van der Waals surface area contributed by atoms with Crippen LogP contribution >= 0.6 is 0 Å². The van der Waals surface area contributed by atoms with Crippen LogP contribution in [0.1, 0.15) is 56.3 Å². The Bertz CT molecular complexity index is 617. The van der Waals surface area contributed by atoms with E-state index >= 15 is 0 Å². The highest BCUT2D eigenvalue weighted by Gasteiger charge is 2.12. The summed E-state index contributed by atoms with van der Waals surface area (Å²) in [4.78, 5) is 34.0. The van der Waals surface area contributed by atoms with Crippen molar-refractivity contribution in [1.82, 2.24) is 5.32 Å². The number of amides is 2. The third-order valence-electron chi connectivity index (χ3n) is 3.45. The maximum atomic E-state index is 14.0. The number of anilines is 1. The zero-order chi connectivity index (χ0) is 18.8. The van der Waals surface area contributed by atoms with Gasteiger partial charge in [-0.25, -0.2) is 4.39 Å². The van der Waals surface area contributed by atoms with Gasteiger partial charge in [-0.1, -0.05) is 20.3 Å². The second-order valence-electron chi connectivity index (χ2n) is 6.30. The summed E-state index contributed by atoms with van der Waals surface area (Å²) in [6.07, 6.45) is 2.32. The number of carbonyl (C=O) groups is 3. The van der Waals surface area contributed by atoms with Gasteiger partial charge in [0.15, 0.2) is 0 Å². The van der Waals surface area contributed by atoms with E-state index in [9.17, 15) is 18.8 Å². The summed E-state index contributed by atoms with van der Waals surface area (Å²) in [6.45, 7) is 4.18. The smallest absolute Gasteiger partial charge is 0.303 e. The molecule has 0 aromatic heterocycles. The third-order valence-corrected chi connectivity index (χ3v) is 3.45. The number of carboxylic acids is 1. The molecule has 3 N–H and O–H groups in total. The van der Waals surface area contributed by atoms with Gasteiger partial charge >= 0.3 is 5.97 Å². The van der Waals surface area contributed by atoms with Gasteiger partial charge in [-0.05, 0) is 37.0 Å². The predicted octanol–water partition coefficient (Wildman–Crippen LogP) is 3.19. The van der Waals surface area contributed by atoms with Crippen LogP contribution in [0, 0.1) is 11.7 Å². The van der Waals surface area contributed by atoms with Crippen molar-refractivity contribution in [3.63, 3.8) is 0 Å². The van der Waals surface area contributed by atoms with Crippen molar-refractivity contribution in [2.45, 2.75) is 46.0 Å². The molecule has 0 spiro atoms. The van der Waals surface area contributed by atoms with Crippen LogP contribution < -0.4 is 10.6 Å². The molecule has 0 fully saturated rings. The number of benzene rings is 1. The van der Waals surface area contributed by atoms with E-state index < -0.39 is 17.7 Å². The molecule has 1 aromatic carbocycles. The number of halogens is 1. The number of hydrogen-bond donors (Lipinski definition) is 3. The number of hydrogen-bond acceptors (Lipinski definition) is 3. The lowest BCUT2D eigenvalue weighted by atomic mass is 10.1. The van der Waals surface area contributed by atoms with Crippen LogP contribution in [0.15, 0.2) is 18.2 Å². The summed E-state index contributed by atoms with van der Waals surface area (Å²) in [7, 11) is 0. The molecule has 0 atom stereocenters. The van der Waals surface area contributed by atoms with E-state index in [0.717, 1.165) is 6.07 Å². The Morgan fingerprint density at radius 1 is 1.16 bits per heavy atom. The Morgan fingerprint density at radius 2 is 1.88 bits per heavy atom. The minimum absolute atomic E-state index is 0.0517. The number of unbranched alkanes of at least 4 members (excludes halogenated alkanes) is 2. The van der Waals surface area contributed by atoms with Crippen molar-refractivity contribution in [1.29, 1.82) is 0 Å². The molecule has 0 aliphatic heterocycles. The summed E-state index contributed by atoms with van der Waals surface area (Å²) < 4.78 is 14.0. The summed E-state index contributed by atoms with van der Waals surface area (Å²) in [6, 6.07) is 3.91. The first kappa shape index (κ1) is 20.6. The van der Waals surface area contributed by atoms with Crippen LogP contribution in [0.2, 0.25) is 0 Å². The maximum absolute atomic E-state index is 14.0. The quantitative estimate of drug-likeness (QED) is 0.564. The van der Waals surface area contributed by atoms with Crippen molar-refractivity contribution in [3.05, 3.63) is 29.6 Å². The second kappa shape index (κ2) is 10.4. The summed E-state index contributed by atoms with van der Waals surface area (Å²) >= 11 is 0. The van der Waals surface area contributed by atoms with Crippen LogP contribution in [-0.2, 0) is 9.59 Å². The lowest BCUT2D eigenvalue weighted by Gasteiger charge is -2.10. The monoisotopic (exact) mass is 352 g/mol. The molecule has 0 aliphatic carbocycles. The maximum Gasteiger partial charge on any atom is 0.303 e. The summed E-state index contributed by atoms with van der Waals surface area (Å²) in [5.41, 5.74) is 0.223. The van der Waals surface area contributed by atoms with Crippen molar-refractivity contribution < 1.29 is 23.9 Å². The van der Waals surface area contributed by atoms with E-state index in [-0.39, 0.29) is 29.5 Å². The first-order valence-electron chi connectivity index (χ1n) is 8.39. The molecule has 25 heavy (non-hydrogen) atoms. The topological polar surface area (TPSA) is 95.5 Å². The normalized spacial score (nSPS) is 10.6. The molecule has 138 valence electrons. The Morgan fingerprint density at radius 3 is 2.48 bits per heavy atom. The zero-order valence-corrected chi connectivity index (χ0v) is 14.6.